The smallest absolute Gasteiger partial charge is 0.252 e. The lowest BCUT2D eigenvalue weighted by Gasteiger charge is -2.46. The summed E-state index contributed by atoms with van der Waals surface area (Å²) in [6.45, 7) is -0.293. The third kappa shape index (κ3) is 10.1. The van der Waals surface area contributed by atoms with E-state index in [0.29, 0.717) is 0 Å². The molecule has 0 aliphatic carbocycles. The summed E-state index contributed by atoms with van der Waals surface area (Å²) in [5.41, 5.74) is 34.0. The van der Waals surface area contributed by atoms with Crippen LogP contribution in [-0.2, 0) is 0 Å². The summed E-state index contributed by atoms with van der Waals surface area (Å²) in [5.74, 6) is 0. The van der Waals surface area contributed by atoms with Crippen LogP contribution in [0.4, 0.5) is 34.1 Å². The molecule has 18 aromatic rings. The third-order valence-electron chi connectivity index (χ3n) is 21.5. The average Bonchev–Trinajstić information content (AvgIpc) is 0.910. The van der Waals surface area contributed by atoms with Gasteiger partial charge in [-0.2, -0.15) is 0 Å². The van der Waals surface area contributed by atoms with Gasteiger partial charge in [0.1, 0.15) is 0 Å². The number of benzene rings is 17. The molecule has 1 aromatic heterocycles. The largest absolute Gasteiger partial charge is 0.310 e. The molecule has 0 amide bonds. The molecule has 0 bridgehead atoms. The predicted octanol–water partition coefficient (Wildman–Crippen LogP) is 25.0. The number of nitrogens with zero attached hydrogens (tertiary/aromatic N) is 3. The van der Waals surface area contributed by atoms with Crippen LogP contribution in [-0.4, -0.2) is 11.3 Å². The van der Waals surface area contributed by atoms with Crippen molar-refractivity contribution in [1.82, 2.24) is 4.57 Å². The van der Waals surface area contributed by atoms with Gasteiger partial charge in [-0.1, -0.05) is 340 Å². The number of para-hydroxylation sites is 1. The summed E-state index contributed by atoms with van der Waals surface area (Å²) in [5, 5.41) is 4.84. The highest BCUT2D eigenvalue weighted by Crippen LogP contribution is 2.56. The van der Waals surface area contributed by atoms with Crippen molar-refractivity contribution in [2.75, 3.05) is 9.80 Å². The molecule has 3 heterocycles. The lowest BCUT2D eigenvalue weighted by molar-refractivity contribution is 1.16. The molecule has 0 radical (unpaired) electrons. The van der Waals surface area contributed by atoms with Crippen molar-refractivity contribution in [3.05, 3.63) is 400 Å². The lowest BCUT2D eigenvalue weighted by Crippen LogP contribution is -2.61. The van der Waals surface area contributed by atoms with Crippen LogP contribution in [0.15, 0.2) is 400 Å². The highest BCUT2D eigenvalue weighted by atomic mass is 15.2. The van der Waals surface area contributed by atoms with Crippen LogP contribution in [0.5, 0.6) is 0 Å². The van der Waals surface area contributed by atoms with E-state index in [1.54, 1.807) is 0 Å². The molecule has 0 saturated heterocycles. The van der Waals surface area contributed by atoms with Crippen molar-refractivity contribution < 1.29 is 0 Å². The van der Waals surface area contributed by atoms with Gasteiger partial charge in [-0.05, 0) is 166 Å². The monoisotopic (exact) mass is 1320 g/mol. The van der Waals surface area contributed by atoms with Gasteiger partial charge in [-0.3, -0.25) is 0 Å². The van der Waals surface area contributed by atoms with Crippen LogP contribution < -0.4 is 26.2 Å². The first kappa shape index (κ1) is 60.4. The molecule has 17 aromatic carbocycles. The Labute approximate surface area is 606 Å². The fraction of sp³-hybridized carbons (Fsp3) is 0. The zero-order valence-corrected chi connectivity index (χ0v) is 57.0. The molecule has 2 aliphatic heterocycles. The molecule has 484 valence electrons. The Morgan fingerprint density at radius 2 is 0.500 bits per heavy atom. The van der Waals surface area contributed by atoms with Crippen LogP contribution >= 0.6 is 0 Å². The summed E-state index contributed by atoms with van der Waals surface area (Å²) in [4.78, 5) is 5.39. The van der Waals surface area contributed by atoms with E-state index in [1.165, 1.54) is 49.1 Å². The molecular weight excluding hydrogens is 1250 g/mol. The minimum absolute atomic E-state index is 0.293. The number of aromatic nitrogens is 1. The van der Waals surface area contributed by atoms with Gasteiger partial charge in [0, 0.05) is 55.8 Å². The van der Waals surface area contributed by atoms with E-state index in [1.807, 2.05) is 0 Å². The molecule has 0 fully saturated rings. The number of hydrogen-bond donors (Lipinski definition) is 0. The molecule has 20 rings (SSSR count). The van der Waals surface area contributed by atoms with Crippen molar-refractivity contribution >= 4 is 89.8 Å². The molecule has 0 spiro atoms. The second kappa shape index (κ2) is 25.3. The van der Waals surface area contributed by atoms with E-state index in [0.717, 1.165) is 140 Å². The number of anilines is 6. The van der Waals surface area contributed by atoms with E-state index in [2.05, 4.69) is 415 Å². The molecule has 0 atom stereocenters. The molecule has 2 aliphatic rings. The van der Waals surface area contributed by atoms with Gasteiger partial charge in [-0.25, -0.2) is 0 Å². The minimum Gasteiger partial charge on any atom is -0.310 e. The van der Waals surface area contributed by atoms with E-state index in [-0.39, 0.29) is 6.71 Å². The normalized spacial score (nSPS) is 12.2. The molecule has 104 heavy (non-hydrogen) atoms. The molecule has 0 unspecified atom stereocenters. The fourth-order valence-electron chi connectivity index (χ4n) is 16.9. The summed E-state index contributed by atoms with van der Waals surface area (Å²) in [6.07, 6.45) is 0. The fourth-order valence-corrected chi connectivity index (χ4v) is 16.9. The molecule has 3 nitrogen and oxygen atoms in total. The second-order valence-electron chi connectivity index (χ2n) is 27.4. The van der Waals surface area contributed by atoms with Gasteiger partial charge in [0.15, 0.2) is 0 Å². The molecule has 0 N–H and O–H groups in total. The summed E-state index contributed by atoms with van der Waals surface area (Å²) < 4.78 is 2.59. The van der Waals surface area contributed by atoms with Gasteiger partial charge < -0.3 is 14.4 Å². The zero-order chi connectivity index (χ0) is 68.6. The maximum Gasteiger partial charge on any atom is 0.252 e. The Bertz CT molecular complexity index is 5900. The Balaban J connectivity index is 1.01. The van der Waals surface area contributed by atoms with Crippen LogP contribution in [0.1, 0.15) is 0 Å². The van der Waals surface area contributed by atoms with Crippen molar-refractivity contribution in [2.45, 2.75) is 0 Å². The average molecular weight is 1320 g/mol. The second-order valence-corrected chi connectivity index (χ2v) is 27.4. The first-order chi connectivity index (χ1) is 51.6. The lowest BCUT2D eigenvalue weighted by atomic mass is 9.33. The summed E-state index contributed by atoms with van der Waals surface area (Å²) >= 11 is 0. The SMILES string of the molecule is c1ccc(-c2ccc3c(c2)B2c4cc(-c5ccccc5)ccc4N(c4c(-c5ccccc5)cc(-c5ccccc5)cc4-c4ccccc4)c4cc(-n5c6ccccc6c6c7ccccc7c(-c7ccccc7)cc65)cc(c42)N3c2c(-c3ccccc3)cc(-c3ccccc3)cc2-c2ccccc2)cc1. The number of fused-ring (bicyclic) bond motifs is 9. The van der Waals surface area contributed by atoms with Crippen LogP contribution in [0, 0.1) is 0 Å². The van der Waals surface area contributed by atoms with E-state index in [4.69, 9.17) is 0 Å². The molecule has 0 saturated carbocycles. The highest BCUT2D eigenvalue weighted by molar-refractivity contribution is 7.00. The predicted molar refractivity (Wildman–Crippen MR) is 441 cm³/mol. The quantitative estimate of drug-likeness (QED) is 0.113. The van der Waals surface area contributed by atoms with E-state index in [9.17, 15) is 0 Å². The maximum absolute atomic E-state index is 2.69. The summed E-state index contributed by atoms with van der Waals surface area (Å²) in [6, 6.07) is 149. The first-order valence-corrected chi connectivity index (χ1v) is 36.0. The van der Waals surface area contributed by atoms with Gasteiger partial charge >= 0.3 is 0 Å². The Morgan fingerprint density at radius 3 is 0.875 bits per heavy atom. The van der Waals surface area contributed by atoms with Gasteiger partial charge in [0.2, 0.25) is 0 Å². The van der Waals surface area contributed by atoms with Gasteiger partial charge in [0.05, 0.1) is 28.1 Å². The van der Waals surface area contributed by atoms with Crippen LogP contribution in [0.2, 0.25) is 0 Å². The topological polar surface area (TPSA) is 11.4 Å². The van der Waals surface area contributed by atoms with E-state index >= 15 is 0 Å². The number of rotatable bonds is 12. The van der Waals surface area contributed by atoms with Crippen molar-refractivity contribution in [3.63, 3.8) is 0 Å². The Hall–Kier alpha value is -13.5. The standard InChI is InChI=1S/C100H66BN3/c1-10-32-67(33-11-1)76-54-56-92-89(62-76)101-90-63-77(68-34-12-2-13-35-68)55-57-93(90)104(100-87(74-46-24-8-25-47-74)60-79(70-38-16-4-17-39-70)61-88(100)75-48-26-9-27-49-75)96-65-80(102-91-53-31-30-52-83(91)97-82-51-29-28-50-81(82)84(66-94(97)102)71-40-18-5-19-41-71)64-95(98(96)101)103(92)99-85(72-42-20-6-21-43-72)58-78(69-36-14-3-15-37-69)59-86(99)73-44-22-7-23-45-73/h1-66H. The molecular formula is C100H66BN3. The Morgan fingerprint density at radius 1 is 0.192 bits per heavy atom. The first-order valence-electron chi connectivity index (χ1n) is 36.0. The zero-order valence-electron chi connectivity index (χ0n) is 57.0. The van der Waals surface area contributed by atoms with E-state index < -0.39 is 0 Å². The summed E-state index contributed by atoms with van der Waals surface area (Å²) in [7, 11) is 0. The highest BCUT2D eigenvalue weighted by Gasteiger charge is 2.46. The van der Waals surface area contributed by atoms with Crippen molar-refractivity contribution in [1.29, 1.82) is 0 Å². The van der Waals surface area contributed by atoms with Crippen LogP contribution in [0.25, 0.3) is 138 Å². The van der Waals surface area contributed by atoms with Crippen molar-refractivity contribution in [2.24, 2.45) is 0 Å². The van der Waals surface area contributed by atoms with Gasteiger partial charge in [0.25, 0.3) is 6.71 Å². The molecule has 4 heteroatoms. The number of hydrogen-bond acceptors (Lipinski definition) is 2. The minimum atomic E-state index is -0.293. The Kier molecular flexibility index (Phi) is 14.7. The maximum atomic E-state index is 2.69. The van der Waals surface area contributed by atoms with Crippen LogP contribution in [0.3, 0.4) is 0 Å². The van der Waals surface area contributed by atoms with Crippen molar-refractivity contribution in [3.8, 4) is 106 Å². The third-order valence-corrected chi connectivity index (χ3v) is 21.5. The van der Waals surface area contributed by atoms with Gasteiger partial charge in [-0.15, -0.1) is 0 Å².